The van der Waals surface area contributed by atoms with E-state index in [0.717, 1.165) is 31.2 Å². The molecule has 0 aliphatic heterocycles. The van der Waals surface area contributed by atoms with Crippen LogP contribution in [0.3, 0.4) is 0 Å². The molecule has 0 atom stereocenters. The summed E-state index contributed by atoms with van der Waals surface area (Å²) in [6.45, 7) is 1.79. The lowest BCUT2D eigenvalue weighted by atomic mass is 9.89. The number of carbonyl (C=O) groups is 3. The van der Waals surface area contributed by atoms with Crippen molar-refractivity contribution in [1.29, 1.82) is 0 Å². The summed E-state index contributed by atoms with van der Waals surface area (Å²) in [6, 6.07) is 7.01. The van der Waals surface area contributed by atoms with Crippen LogP contribution in [0.2, 0.25) is 0 Å². The Bertz CT molecular complexity index is 563. The fourth-order valence-corrected chi connectivity index (χ4v) is 2.62. The van der Waals surface area contributed by atoms with E-state index in [2.05, 4.69) is 16.2 Å². The molecule has 124 valence electrons. The molecule has 0 spiro atoms. The fourth-order valence-electron chi connectivity index (χ4n) is 2.62. The van der Waals surface area contributed by atoms with Gasteiger partial charge in [0.15, 0.2) is 0 Å². The highest BCUT2D eigenvalue weighted by molar-refractivity contribution is 5.95. The smallest absolute Gasteiger partial charge is 0.269 e. The van der Waals surface area contributed by atoms with Crippen molar-refractivity contribution in [3.63, 3.8) is 0 Å². The Morgan fingerprint density at radius 1 is 1.00 bits per heavy atom. The minimum Gasteiger partial charge on any atom is -0.347 e. The lowest BCUT2D eigenvalue weighted by Gasteiger charge is -2.20. The van der Waals surface area contributed by atoms with Crippen molar-refractivity contribution in [2.24, 2.45) is 5.92 Å². The third-order valence-electron chi connectivity index (χ3n) is 4.03. The van der Waals surface area contributed by atoms with Crippen molar-refractivity contribution in [1.82, 2.24) is 16.2 Å². The molecule has 0 heterocycles. The maximum Gasteiger partial charge on any atom is 0.269 e. The summed E-state index contributed by atoms with van der Waals surface area (Å²) in [7, 11) is 0. The molecule has 1 aliphatic rings. The number of aryl methyl sites for hydroxylation is 1. The van der Waals surface area contributed by atoms with Gasteiger partial charge in [-0.05, 0) is 31.9 Å². The minimum atomic E-state index is -0.449. The summed E-state index contributed by atoms with van der Waals surface area (Å²) in [5.41, 5.74) is 6.14. The normalized spacial score (nSPS) is 14.8. The van der Waals surface area contributed by atoms with Crippen LogP contribution in [-0.2, 0) is 9.59 Å². The molecule has 0 bridgehead atoms. The van der Waals surface area contributed by atoms with Crippen LogP contribution in [0.4, 0.5) is 0 Å². The van der Waals surface area contributed by atoms with Gasteiger partial charge in [-0.3, -0.25) is 25.2 Å². The maximum absolute atomic E-state index is 11.9. The molecule has 1 saturated carbocycles. The topological polar surface area (TPSA) is 87.3 Å². The van der Waals surface area contributed by atoms with Crippen LogP contribution in [0, 0.1) is 12.8 Å². The second-order valence-corrected chi connectivity index (χ2v) is 5.92. The number of nitrogens with one attached hydrogen (secondary N) is 3. The highest BCUT2D eigenvalue weighted by Crippen LogP contribution is 2.23. The molecular formula is C17H23N3O3. The van der Waals surface area contributed by atoms with Crippen molar-refractivity contribution in [2.75, 3.05) is 6.54 Å². The zero-order valence-corrected chi connectivity index (χ0v) is 13.4. The second-order valence-electron chi connectivity index (χ2n) is 5.92. The Balaban J connectivity index is 1.69. The SMILES string of the molecule is Cc1ccc(C(=O)NNC(=O)CNC(=O)C2CCCCC2)cc1. The largest absolute Gasteiger partial charge is 0.347 e. The number of rotatable bonds is 4. The van der Waals surface area contributed by atoms with Gasteiger partial charge in [0.1, 0.15) is 0 Å². The number of hydrogen-bond acceptors (Lipinski definition) is 3. The van der Waals surface area contributed by atoms with E-state index in [9.17, 15) is 14.4 Å². The van der Waals surface area contributed by atoms with Gasteiger partial charge in [-0.1, -0.05) is 37.0 Å². The molecule has 1 aliphatic carbocycles. The van der Waals surface area contributed by atoms with Gasteiger partial charge in [-0.2, -0.15) is 0 Å². The van der Waals surface area contributed by atoms with Gasteiger partial charge in [0, 0.05) is 11.5 Å². The summed E-state index contributed by atoms with van der Waals surface area (Å²) >= 11 is 0. The average molecular weight is 317 g/mol. The van der Waals surface area contributed by atoms with Gasteiger partial charge in [0.2, 0.25) is 5.91 Å². The van der Waals surface area contributed by atoms with Crippen LogP contribution in [0.15, 0.2) is 24.3 Å². The van der Waals surface area contributed by atoms with Gasteiger partial charge in [0.05, 0.1) is 6.54 Å². The third kappa shape index (κ3) is 5.39. The summed E-state index contributed by atoms with van der Waals surface area (Å²) in [4.78, 5) is 35.4. The average Bonchev–Trinajstić information content (AvgIpc) is 2.59. The maximum atomic E-state index is 11.9. The third-order valence-corrected chi connectivity index (χ3v) is 4.03. The molecule has 6 heteroatoms. The van der Waals surface area contributed by atoms with E-state index in [1.54, 1.807) is 12.1 Å². The van der Waals surface area contributed by atoms with Crippen molar-refractivity contribution in [2.45, 2.75) is 39.0 Å². The van der Waals surface area contributed by atoms with Crippen molar-refractivity contribution in [3.8, 4) is 0 Å². The molecule has 1 aromatic carbocycles. The Morgan fingerprint density at radius 3 is 2.30 bits per heavy atom. The molecule has 0 radical (unpaired) electrons. The van der Waals surface area contributed by atoms with E-state index in [4.69, 9.17) is 0 Å². The van der Waals surface area contributed by atoms with Crippen molar-refractivity contribution in [3.05, 3.63) is 35.4 Å². The van der Waals surface area contributed by atoms with Gasteiger partial charge in [0.25, 0.3) is 11.8 Å². The zero-order valence-electron chi connectivity index (χ0n) is 13.4. The van der Waals surface area contributed by atoms with Crippen LogP contribution in [0.1, 0.15) is 48.0 Å². The standard InChI is InChI=1S/C17H23N3O3/c1-12-7-9-14(10-8-12)17(23)20-19-15(21)11-18-16(22)13-5-3-2-4-6-13/h7-10,13H,2-6,11H2,1H3,(H,18,22)(H,19,21)(H,20,23). The van der Waals surface area contributed by atoms with Crippen LogP contribution in [0.5, 0.6) is 0 Å². The van der Waals surface area contributed by atoms with Gasteiger partial charge >= 0.3 is 0 Å². The van der Waals surface area contributed by atoms with Gasteiger partial charge in [-0.25, -0.2) is 0 Å². The first-order chi connectivity index (χ1) is 11.1. The molecule has 0 unspecified atom stereocenters. The summed E-state index contributed by atoms with van der Waals surface area (Å²) < 4.78 is 0. The van der Waals surface area contributed by atoms with E-state index < -0.39 is 11.8 Å². The van der Waals surface area contributed by atoms with Crippen LogP contribution >= 0.6 is 0 Å². The van der Waals surface area contributed by atoms with Crippen LogP contribution in [0.25, 0.3) is 0 Å². The number of hydrazine groups is 1. The molecule has 3 N–H and O–H groups in total. The van der Waals surface area contributed by atoms with E-state index in [-0.39, 0.29) is 18.4 Å². The molecule has 0 saturated heterocycles. The number of carbonyl (C=O) groups excluding carboxylic acids is 3. The van der Waals surface area contributed by atoms with Crippen molar-refractivity contribution >= 4 is 17.7 Å². The lowest BCUT2D eigenvalue weighted by molar-refractivity contribution is -0.129. The predicted molar refractivity (Wildman–Crippen MR) is 86.4 cm³/mol. The molecule has 1 aromatic rings. The Hall–Kier alpha value is -2.37. The lowest BCUT2D eigenvalue weighted by Crippen LogP contribution is -2.47. The monoisotopic (exact) mass is 317 g/mol. The Morgan fingerprint density at radius 2 is 1.65 bits per heavy atom. The first-order valence-electron chi connectivity index (χ1n) is 8.00. The van der Waals surface area contributed by atoms with Crippen LogP contribution in [-0.4, -0.2) is 24.3 Å². The van der Waals surface area contributed by atoms with Gasteiger partial charge in [-0.15, -0.1) is 0 Å². The quantitative estimate of drug-likeness (QED) is 0.735. The number of amides is 3. The molecule has 2 rings (SSSR count). The summed E-state index contributed by atoms with van der Waals surface area (Å²) in [5, 5.41) is 2.62. The first-order valence-corrected chi connectivity index (χ1v) is 8.00. The minimum absolute atomic E-state index is 0.0127. The van der Waals surface area contributed by atoms with Crippen LogP contribution < -0.4 is 16.2 Å². The molecular weight excluding hydrogens is 294 g/mol. The van der Waals surface area contributed by atoms with E-state index in [1.807, 2.05) is 19.1 Å². The molecule has 6 nitrogen and oxygen atoms in total. The predicted octanol–water partition coefficient (Wildman–Crippen LogP) is 1.45. The Kier molecular flexibility index (Phi) is 6.14. The Labute approximate surface area is 136 Å². The highest BCUT2D eigenvalue weighted by atomic mass is 16.2. The second kappa shape index (κ2) is 8.31. The molecule has 3 amide bonds. The summed E-state index contributed by atoms with van der Waals surface area (Å²) in [6.07, 6.45) is 5.08. The molecule has 23 heavy (non-hydrogen) atoms. The molecule has 1 fully saturated rings. The fraction of sp³-hybridized carbons (Fsp3) is 0.471. The number of benzene rings is 1. The first kappa shape index (κ1) is 17.0. The summed E-state index contributed by atoms with van der Waals surface area (Å²) in [5.74, 6) is -0.907. The van der Waals surface area contributed by atoms with E-state index in [0.29, 0.717) is 5.56 Å². The number of hydrogen-bond donors (Lipinski definition) is 3. The van der Waals surface area contributed by atoms with E-state index in [1.165, 1.54) is 6.42 Å². The highest BCUT2D eigenvalue weighted by Gasteiger charge is 2.21. The van der Waals surface area contributed by atoms with E-state index >= 15 is 0 Å². The van der Waals surface area contributed by atoms with Crippen molar-refractivity contribution < 1.29 is 14.4 Å². The molecule has 0 aromatic heterocycles. The zero-order chi connectivity index (χ0) is 16.7. The van der Waals surface area contributed by atoms with Gasteiger partial charge < -0.3 is 5.32 Å².